The Bertz CT molecular complexity index is 539. The number of aryl methyl sites for hydroxylation is 3. The molecule has 4 heteroatoms. The van der Waals surface area contributed by atoms with Crippen molar-refractivity contribution >= 4 is 16.9 Å². The second kappa shape index (κ2) is 3.96. The van der Waals surface area contributed by atoms with Crippen LogP contribution in [0, 0.1) is 19.3 Å². The number of hydrogen-bond donors (Lipinski definition) is 2. The number of nitrogens with two attached hydrogens (primary N) is 1. The first kappa shape index (κ1) is 10.7. The number of aromatic nitrogens is 2. The van der Waals surface area contributed by atoms with Crippen LogP contribution >= 0.6 is 0 Å². The number of amidine groups is 1. The van der Waals surface area contributed by atoms with E-state index >= 15 is 0 Å². The number of fused-ring (bicyclic) bond motifs is 1. The Morgan fingerprint density at radius 2 is 2.06 bits per heavy atom. The topological polar surface area (TPSA) is 67.7 Å². The zero-order valence-corrected chi connectivity index (χ0v) is 9.62. The molecule has 0 saturated carbocycles. The van der Waals surface area contributed by atoms with Gasteiger partial charge in [-0.05, 0) is 37.1 Å². The lowest BCUT2D eigenvalue weighted by Crippen LogP contribution is -2.12. The van der Waals surface area contributed by atoms with Crippen molar-refractivity contribution in [1.29, 1.82) is 5.41 Å². The van der Waals surface area contributed by atoms with Crippen molar-refractivity contribution in [2.24, 2.45) is 5.73 Å². The van der Waals surface area contributed by atoms with E-state index in [2.05, 4.69) is 31.0 Å². The van der Waals surface area contributed by atoms with Gasteiger partial charge in [-0.2, -0.15) is 0 Å². The average Bonchev–Trinajstić information content (AvgIpc) is 2.58. The van der Waals surface area contributed by atoms with E-state index in [1.165, 1.54) is 11.1 Å². The fraction of sp³-hybridized carbons (Fsp3) is 0.333. The van der Waals surface area contributed by atoms with Crippen molar-refractivity contribution in [2.75, 3.05) is 0 Å². The lowest BCUT2D eigenvalue weighted by atomic mass is 10.1. The highest BCUT2D eigenvalue weighted by molar-refractivity contribution is 5.79. The van der Waals surface area contributed by atoms with Crippen LogP contribution in [0.15, 0.2) is 18.5 Å². The molecule has 0 atom stereocenters. The Labute approximate surface area is 94.6 Å². The van der Waals surface area contributed by atoms with E-state index in [1.54, 1.807) is 0 Å². The number of imidazole rings is 1. The summed E-state index contributed by atoms with van der Waals surface area (Å²) in [5.74, 6) is 0.214. The second-order valence-corrected chi connectivity index (χ2v) is 4.14. The van der Waals surface area contributed by atoms with Crippen molar-refractivity contribution in [2.45, 2.75) is 26.8 Å². The van der Waals surface area contributed by atoms with E-state index in [9.17, 15) is 0 Å². The Balaban J connectivity index is 2.40. The van der Waals surface area contributed by atoms with Crippen LogP contribution in [0.5, 0.6) is 0 Å². The molecule has 0 aliphatic carbocycles. The Hall–Kier alpha value is -1.84. The number of rotatable bonds is 3. The van der Waals surface area contributed by atoms with Crippen molar-refractivity contribution in [3.8, 4) is 0 Å². The molecule has 2 aromatic rings. The van der Waals surface area contributed by atoms with Gasteiger partial charge in [-0.25, -0.2) is 4.98 Å². The smallest absolute Gasteiger partial charge is 0.0958 e. The van der Waals surface area contributed by atoms with Gasteiger partial charge in [0.05, 0.1) is 23.2 Å². The largest absolute Gasteiger partial charge is 0.388 e. The van der Waals surface area contributed by atoms with Gasteiger partial charge in [0, 0.05) is 13.0 Å². The van der Waals surface area contributed by atoms with Crippen LogP contribution in [-0.4, -0.2) is 15.4 Å². The van der Waals surface area contributed by atoms with E-state index in [0.29, 0.717) is 13.0 Å². The second-order valence-electron chi connectivity index (χ2n) is 4.14. The summed E-state index contributed by atoms with van der Waals surface area (Å²) in [5.41, 5.74) is 9.99. The molecule has 1 heterocycles. The van der Waals surface area contributed by atoms with E-state index in [0.717, 1.165) is 11.0 Å². The SMILES string of the molecule is Cc1cc2ncn(CCC(=N)N)c2cc1C. The Morgan fingerprint density at radius 1 is 1.38 bits per heavy atom. The van der Waals surface area contributed by atoms with Gasteiger partial charge in [0.1, 0.15) is 0 Å². The summed E-state index contributed by atoms with van der Waals surface area (Å²) in [7, 11) is 0. The molecule has 0 fully saturated rings. The van der Waals surface area contributed by atoms with Gasteiger partial charge in [0.2, 0.25) is 0 Å². The summed E-state index contributed by atoms with van der Waals surface area (Å²) in [6.07, 6.45) is 2.38. The van der Waals surface area contributed by atoms with Crippen LogP contribution in [0.2, 0.25) is 0 Å². The fourth-order valence-corrected chi connectivity index (χ4v) is 1.73. The molecule has 1 aromatic carbocycles. The molecular formula is C12H16N4. The van der Waals surface area contributed by atoms with Gasteiger partial charge in [-0.15, -0.1) is 0 Å². The molecule has 0 saturated heterocycles. The first-order valence-electron chi connectivity index (χ1n) is 5.33. The molecule has 0 aliphatic rings. The Morgan fingerprint density at radius 3 is 2.75 bits per heavy atom. The molecule has 16 heavy (non-hydrogen) atoms. The number of benzene rings is 1. The van der Waals surface area contributed by atoms with E-state index in [1.807, 2.05) is 10.9 Å². The number of nitrogens with one attached hydrogen (secondary N) is 1. The molecule has 0 spiro atoms. The summed E-state index contributed by atoms with van der Waals surface area (Å²) in [5, 5.41) is 7.23. The summed E-state index contributed by atoms with van der Waals surface area (Å²) < 4.78 is 2.04. The molecule has 3 N–H and O–H groups in total. The van der Waals surface area contributed by atoms with Gasteiger partial charge in [-0.3, -0.25) is 5.41 Å². The fourth-order valence-electron chi connectivity index (χ4n) is 1.73. The standard InChI is InChI=1S/C12H16N4/c1-8-5-10-11(6-9(8)2)16(7-15-10)4-3-12(13)14/h5-7H,3-4H2,1-2H3,(H3,13,14). The lowest BCUT2D eigenvalue weighted by molar-refractivity contribution is 0.742. The lowest BCUT2D eigenvalue weighted by Gasteiger charge is -2.05. The molecule has 0 aliphatic heterocycles. The molecule has 2 rings (SSSR count). The average molecular weight is 216 g/mol. The van der Waals surface area contributed by atoms with Crippen molar-refractivity contribution in [3.63, 3.8) is 0 Å². The third-order valence-corrected chi connectivity index (χ3v) is 2.86. The monoisotopic (exact) mass is 216 g/mol. The molecule has 4 nitrogen and oxygen atoms in total. The van der Waals surface area contributed by atoms with Crippen LogP contribution in [-0.2, 0) is 6.54 Å². The van der Waals surface area contributed by atoms with Gasteiger partial charge in [0.25, 0.3) is 0 Å². The zero-order chi connectivity index (χ0) is 11.7. The minimum atomic E-state index is 0.214. The van der Waals surface area contributed by atoms with Gasteiger partial charge >= 0.3 is 0 Å². The molecule has 84 valence electrons. The first-order chi connectivity index (χ1) is 7.58. The highest BCUT2D eigenvalue weighted by atomic mass is 15.0. The molecule has 0 amide bonds. The first-order valence-corrected chi connectivity index (χ1v) is 5.33. The van der Waals surface area contributed by atoms with Gasteiger partial charge in [0.15, 0.2) is 0 Å². The maximum Gasteiger partial charge on any atom is 0.0958 e. The van der Waals surface area contributed by atoms with Gasteiger partial charge in [-0.1, -0.05) is 0 Å². The van der Waals surface area contributed by atoms with Crippen LogP contribution < -0.4 is 5.73 Å². The minimum absolute atomic E-state index is 0.214. The summed E-state index contributed by atoms with van der Waals surface area (Å²) in [4.78, 5) is 4.35. The molecule has 0 bridgehead atoms. The van der Waals surface area contributed by atoms with E-state index < -0.39 is 0 Å². The predicted octanol–water partition coefficient (Wildman–Crippen LogP) is 1.98. The summed E-state index contributed by atoms with van der Waals surface area (Å²) >= 11 is 0. The zero-order valence-electron chi connectivity index (χ0n) is 9.62. The maximum atomic E-state index is 7.23. The molecule has 1 aromatic heterocycles. The van der Waals surface area contributed by atoms with E-state index in [4.69, 9.17) is 11.1 Å². The molecular weight excluding hydrogens is 200 g/mol. The molecule has 0 unspecified atom stereocenters. The van der Waals surface area contributed by atoms with Gasteiger partial charge < -0.3 is 10.3 Å². The van der Waals surface area contributed by atoms with Crippen molar-refractivity contribution in [1.82, 2.24) is 9.55 Å². The normalized spacial score (nSPS) is 10.9. The summed E-state index contributed by atoms with van der Waals surface area (Å²) in [6, 6.07) is 4.23. The minimum Gasteiger partial charge on any atom is -0.388 e. The van der Waals surface area contributed by atoms with Crippen LogP contribution in [0.3, 0.4) is 0 Å². The number of nitrogens with zero attached hydrogens (tertiary/aromatic N) is 2. The van der Waals surface area contributed by atoms with Crippen molar-refractivity contribution in [3.05, 3.63) is 29.6 Å². The third kappa shape index (κ3) is 1.91. The third-order valence-electron chi connectivity index (χ3n) is 2.86. The van der Waals surface area contributed by atoms with Crippen molar-refractivity contribution < 1.29 is 0 Å². The molecule has 0 radical (unpaired) electrons. The van der Waals surface area contributed by atoms with E-state index in [-0.39, 0.29) is 5.84 Å². The van der Waals surface area contributed by atoms with Crippen LogP contribution in [0.1, 0.15) is 17.5 Å². The maximum absolute atomic E-state index is 7.23. The quantitative estimate of drug-likeness (QED) is 0.608. The van der Waals surface area contributed by atoms with Crippen LogP contribution in [0.4, 0.5) is 0 Å². The Kier molecular flexibility index (Phi) is 2.64. The summed E-state index contributed by atoms with van der Waals surface area (Å²) in [6.45, 7) is 4.90. The van der Waals surface area contributed by atoms with Crippen LogP contribution in [0.25, 0.3) is 11.0 Å². The highest BCUT2D eigenvalue weighted by Crippen LogP contribution is 2.18. The highest BCUT2D eigenvalue weighted by Gasteiger charge is 2.04. The predicted molar refractivity (Wildman–Crippen MR) is 65.7 cm³/mol. The number of hydrogen-bond acceptors (Lipinski definition) is 2.